The zero-order valence-corrected chi connectivity index (χ0v) is 14.4. The van der Waals surface area contributed by atoms with Gasteiger partial charge in [-0.2, -0.15) is 8.42 Å². The molecule has 0 spiro atoms. The predicted octanol–water partition coefficient (Wildman–Crippen LogP) is 3.63. The normalized spacial score (nSPS) is 11.5. The molecule has 0 unspecified atom stereocenters. The van der Waals surface area contributed by atoms with Gasteiger partial charge in [-0.05, 0) is 43.7 Å². The number of aromatic nitrogens is 1. The van der Waals surface area contributed by atoms with Crippen LogP contribution in [0.4, 0.5) is 0 Å². The lowest BCUT2D eigenvalue weighted by Crippen LogP contribution is -2.12. The van der Waals surface area contributed by atoms with E-state index in [1.54, 1.807) is 31.2 Å². The molecule has 124 valence electrons. The third kappa shape index (κ3) is 3.05. The van der Waals surface area contributed by atoms with E-state index >= 15 is 0 Å². The second-order valence-electron chi connectivity index (χ2n) is 5.47. The highest BCUT2D eigenvalue weighted by Crippen LogP contribution is 2.31. The molecule has 0 aliphatic carbocycles. The highest BCUT2D eigenvalue weighted by Gasteiger charge is 2.23. The lowest BCUT2D eigenvalue weighted by atomic mass is 10.2. The van der Waals surface area contributed by atoms with Crippen LogP contribution in [0.25, 0.3) is 10.9 Å². The van der Waals surface area contributed by atoms with Crippen LogP contribution in [0.15, 0.2) is 53.4 Å². The van der Waals surface area contributed by atoms with E-state index in [4.69, 9.17) is 8.92 Å². The summed E-state index contributed by atoms with van der Waals surface area (Å²) in [5, 5.41) is 0.810. The average molecular weight is 343 g/mol. The van der Waals surface area contributed by atoms with Crippen molar-refractivity contribution in [1.82, 2.24) is 4.98 Å². The summed E-state index contributed by atoms with van der Waals surface area (Å²) >= 11 is 0. The number of hydrogen-bond acceptors (Lipinski definition) is 5. The van der Waals surface area contributed by atoms with E-state index in [9.17, 15) is 8.42 Å². The second kappa shape index (κ2) is 6.13. The van der Waals surface area contributed by atoms with E-state index in [1.807, 2.05) is 25.1 Å². The van der Waals surface area contributed by atoms with Gasteiger partial charge in [-0.3, -0.25) is 0 Å². The maximum absolute atomic E-state index is 12.7. The van der Waals surface area contributed by atoms with Crippen molar-refractivity contribution in [3.8, 4) is 11.5 Å². The summed E-state index contributed by atoms with van der Waals surface area (Å²) in [5.41, 5.74) is 2.08. The second-order valence-corrected chi connectivity index (χ2v) is 6.99. The molecule has 5 nitrogen and oxygen atoms in total. The Bertz CT molecular complexity index is 1010. The molecule has 0 saturated carbocycles. The maximum Gasteiger partial charge on any atom is 0.343 e. The molecule has 0 radical (unpaired) electrons. The van der Waals surface area contributed by atoms with Crippen LogP contribution in [0.5, 0.6) is 11.5 Å². The van der Waals surface area contributed by atoms with Crippen molar-refractivity contribution in [2.24, 2.45) is 0 Å². The Kier molecular flexibility index (Phi) is 4.15. The summed E-state index contributed by atoms with van der Waals surface area (Å²) in [7, 11) is -2.62. The minimum atomic E-state index is -4.05. The number of para-hydroxylation sites is 1. The Morgan fingerprint density at radius 1 is 0.958 bits per heavy atom. The molecule has 0 N–H and O–H groups in total. The van der Waals surface area contributed by atoms with Gasteiger partial charge in [-0.25, -0.2) is 4.98 Å². The Morgan fingerprint density at radius 3 is 2.50 bits per heavy atom. The third-order valence-corrected chi connectivity index (χ3v) is 4.87. The van der Waals surface area contributed by atoms with Crippen molar-refractivity contribution in [2.75, 3.05) is 7.11 Å². The predicted molar refractivity (Wildman–Crippen MR) is 92.0 cm³/mol. The Labute approximate surface area is 141 Å². The average Bonchev–Trinajstić information content (AvgIpc) is 2.55. The highest BCUT2D eigenvalue weighted by atomic mass is 32.2. The van der Waals surface area contributed by atoms with Gasteiger partial charge in [0.2, 0.25) is 0 Å². The number of nitrogens with zero attached hydrogens (tertiary/aromatic N) is 1. The molecule has 0 saturated heterocycles. The zero-order valence-electron chi connectivity index (χ0n) is 13.6. The molecule has 24 heavy (non-hydrogen) atoms. The minimum absolute atomic E-state index is 0.00495. The first-order valence-electron chi connectivity index (χ1n) is 7.36. The van der Waals surface area contributed by atoms with Gasteiger partial charge in [0.05, 0.1) is 7.11 Å². The third-order valence-electron chi connectivity index (χ3n) is 3.61. The first-order chi connectivity index (χ1) is 11.4. The number of hydrogen-bond donors (Lipinski definition) is 0. The molecule has 1 aromatic heterocycles. The lowest BCUT2D eigenvalue weighted by molar-refractivity contribution is 0.398. The molecule has 0 aliphatic rings. The van der Waals surface area contributed by atoms with Crippen LogP contribution in [0.2, 0.25) is 0 Å². The monoisotopic (exact) mass is 343 g/mol. The van der Waals surface area contributed by atoms with Crippen LogP contribution in [-0.2, 0) is 10.1 Å². The fraction of sp³-hybridized carbons (Fsp3) is 0.167. The highest BCUT2D eigenvalue weighted by molar-refractivity contribution is 7.87. The largest absolute Gasteiger partial charge is 0.495 e. The molecule has 0 amide bonds. The SMILES string of the molecule is COc1ccc(C)cc1S(=O)(=O)Oc1cccc2ccc(C)nc12. The number of benzene rings is 2. The standard InChI is InChI=1S/C18H17NO4S/c1-12-7-10-15(22-3)17(11-12)24(20,21)23-16-6-4-5-14-9-8-13(2)19-18(14)16/h4-11H,1-3H3. The number of fused-ring (bicyclic) bond motifs is 1. The smallest absolute Gasteiger partial charge is 0.343 e. The van der Waals surface area contributed by atoms with E-state index in [0.717, 1.165) is 16.6 Å². The van der Waals surface area contributed by atoms with Crippen molar-refractivity contribution in [3.05, 3.63) is 59.8 Å². The van der Waals surface area contributed by atoms with Gasteiger partial charge in [0.25, 0.3) is 0 Å². The number of aryl methyl sites for hydroxylation is 2. The topological polar surface area (TPSA) is 65.5 Å². The molecule has 2 aromatic carbocycles. The van der Waals surface area contributed by atoms with Crippen LogP contribution in [-0.4, -0.2) is 20.5 Å². The van der Waals surface area contributed by atoms with E-state index in [0.29, 0.717) is 5.52 Å². The van der Waals surface area contributed by atoms with E-state index in [1.165, 1.54) is 13.2 Å². The van der Waals surface area contributed by atoms with Gasteiger partial charge < -0.3 is 8.92 Å². The zero-order chi connectivity index (χ0) is 17.3. The van der Waals surface area contributed by atoms with Crippen molar-refractivity contribution in [2.45, 2.75) is 18.7 Å². The molecule has 1 heterocycles. The molecular formula is C18H17NO4S. The number of methoxy groups -OCH3 is 1. The molecular weight excluding hydrogens is 326 g/mol. The van der Waals surface area contributed by atoms with E-state index in [-0.39, 0.29) is 16.4 Å². The quantitative estimate of drug-likeness (QED) is 0.677. The number of ether oxygens (including phenoxy) is 1. The van der Waals surface area contributed by atoms with Crippen molar-refractivity contribution in [1.29, 1.82) is 0 Å². The van der Waals surface area contributed by atoms with Gasteiger partial charge in [-0.1, -0.05) is 24.3 Å². The summed E-state index contributed by atoms with van der Waals surface area (Å²) < 4.78 is 36.0. The maximum atomic E-state index is 12.7. The van der Waals surface area contributed by atoms with Crippen LogP contribution in [0.1, 0.15) is 11.3 Å². The fourth-order valence-corrected chi connectivity index (χ4v) is 3.62. The number of rotatable bonds is 4. The van der Waals surface area contributed by atoms with Crippen LogP contribution < -0.4 is 8.92 Å². The molecule has 3 aromatic rings. The number of pyridine rings is 1. The lowest BCUT2D eigenvalue weighted by Gasteiger charge is -2.12. The van der Waals surface area contributed by atoms with Gasteiger partial charge in [0.1, 0.15) is 16.2 Å². The fourth-order valence-electron chi connectivity index (χ4n) is 2.43. The van der Waals surface area contributed by atoms with E-state index < -0.39 is 10.1 Å². The molecule has 0 bridgehead atoms. The minimum Gasteiger partial charge on any atom is -0.495 e. The van der Waals surface area contributed by atoms with E-state index in [2.05, 4.69) is 4.98 Å². The summed E-state index contributed by atoms with van der Waals surface area (Å²) in [6, 6.07) is 13.8. The molecule has 0 fully saturated rings. The summed E-state index contributed by atoms with van der Waals surface area (Å²) in [6.07, 6.45) is 0. The first-order valence-corrected chi connectivity index (χ1v) is 8.77. The van der Waals surface area contributed by atoms with Gasteiger partial charge >= 0.3 is 10.1 Å². The Hall–Kier alpha value is -2.60. The molecule has 0 atom stereocenters. The first kappa shape index (κ1) is 16.3. The summed E-state index contributed by atoms with van der Waals surface area (Å²) in [4.78, 5) is 4.39. The molecule has 3 rings (SSSR count). The molecule has 6 heteroatoms. The van der Waals surface area contributed by atoms with Crippen LogP contribution in [0.3, 0.4) is 0 Å². The summed E-state index contributed by atoms with van der Waals surface area (Å²) in [6.45, 7) is 3.65. The molecule has 0 aliphatic heterocycles. The Morgan fingerprint density at radius 2 is 1.75 bits per heavy atom. The van der Waals surface area contributed by atoms with Crippen molar-refractivity contribution < 1.29 is 17.3 Å². The van der Waals surface area contributed by atoms with Crippen LogP contribution >= 0.6 is 0 Å². The van der Waals surface area contributed by atoms with Gasteiger partial charge in [0, 0.05) is 11.1 Å². The van der Waals surface area contributed by atoms with Crippen molar-refractivity contribution >= 4 is 21.0 Å². The van der Waals surface area contributed by atoms with Crippen molar-refractivity contribution in [3.63, 3.8) is 0 Å². The summed E-state index contributed by atoms with van der Waals surface area (Å²) in [5.74, 6) is 0.435. The van der Waals surface area contributed by atoms with Gasteiger partial charge in [-0.15, -0.1) is 0 Å². The van der Waals surface area contributed by atoms with Gasteiger partial charge in [0.15, 0.2) is 5.75 Å². The Balaban J connectivity index is 2.11. The van der Waals surface area contributed by atoms with Crippen LogP contribution in [0, 0.1) is 13.8 Å².